The molecule has 2 heteroatoms. The SMILES string of the molecule is c1ccc(-c2ccc3c(ccc4c5ccc(-c6ccc(-c7cccc8ccccc78)cc6)cc5n(-c5cccc6ccccc56)c34)c2)nc1. The lowest BCUT2D eigenvalue weighted by molar-refractivity contribution is 1.20. The Morgan fingerprint density at radius 1 is 0.367 bits per heavy atom. The second kappa shape index (κ2) is 11.0. The van der Waals surface area contributed by atoms with E-state index in [4.69, 9.17) is 0 Å². The molecule has 0 aliphatic rings. The Morgan fingerprint density at radius 3 is 1.86 bits per heavy atom. The molecule has 0 saturated heterocycles. The number of aromatic nitrogens is 2. The number of hydrogen-bond donors (Lipinski definition) is 0. The van der Waals surface area contributed by atoms with Gasteiger partial charge in [-0.3, -0.25) is 4.98 Å². The molecule has 8 aromatic carbocycles. The lowest BCUT2D eigenvalue weighted by Gasteiger charge is -2.14. The van der Waals surface area contributed by atoms with Crippen LogP contribution in [0.15, 0.2) is 182 Å². The summed E-state index contributed by atoms with van der Waals surface area (Å²) < 4.78 is 2.49. The molecule has 49 heavy (non-hydrogen) atoms. The topological polar surface area (TPSA) is 17.8 Å². The highest BCUT2D eigenvalue weighted by Crippen LogP contribution is 2.41. The molecular weight excluding hydrogens is 593 g/mol. The van der Waals surface area contributed by atoms with E-state index in [1.807, 2.05) is 18.3 Å². The summed E-state index contributed by atoms with van der Waals surface area (Å²) in [6.45, 7) is 0. The van der Waals surface area contributed by atoms with Crippen molar-refractivity contribution in [2.24, 2.45) is 0 Å². The third-order valence-corrected chi connectivity index (χ3v) is 10.0. The molecule has 2 aromatic heterocycles. The van der Waals surface area contributed by atoms with Crippen molar-refractivity contribution >= 4 is 54.1 Å². The first-order chi connectivity index (χ1) is 24.3. The third kappa shape index (κ3) is 4.46. The number of fused-ring (bicyclic) bond motifs is 7. The normalized spacial score (nSPS) is 11.7. The maximum atomic E-state index is 4.62. The molecule has 0 N–H and O–H groups in total. The molecule has 0 radical (unpaired) electrons. The first-order valence-electron chi connectivity index (χ1n) is 16.8. The molecule has 0 amide bonds. The number of rotatable bonds is 4. The summed E-state index contributed by atoms with van der Waals surface area (Å²) in [6, 6.07) is 63.9. The van der Waals surface area contributed by atoms with Crippen LogP contribution in [-0.2, 0) is 0 Å². The van der Waals surface area contributed by atoms with E-state index in [-0.39, 0.29) is 0 Å². The summed E-state index contributed by atoms with van der Waals surface area (Å²) in [5.74, 6) is 0. The van der Waals surface area contributed by atoms with Gasteiger partial charge in [0, 0.05) is 33.3 Å². The Kier molecular flexibility index (Phi) is 6.22. The summed E-state index contributed by atoms with van der Waals surface area (Å²) in [5.41, 5.74) is 10.6. The third-order valence-electron chi connectivity index (χ3n) is 10.0. The van der Waals surface area contributed by atoms with Gasteiger partial charge < -0.3 is 4.57 Å². The second-order valence-electron chi connectivity index (χ2n) is 12.8. The zero-order valence-electron chi connectivity index (χ0n) is 26.7. The summed E-state index contributed by atoms with van der Waals surface area (Å²) >= 11 is 0. The van der Waals surface area contributed by atoms with E-state index in [9.17, 15) is 0 Å². The van der Waals surface area contributed by atoms with Crippen LogP contribution in [0, 0.1) is 0 Å². The van der Waals surface area contributed by atoms with Crippen molar-refractivity contribution in [2.75, 3.05) is 0 Å². The fourth-order valence-corrected chi connectivity index (χ4v) is 7.68. The van der Waals surface area contributed by atoms with Gasteiger partial charge in [0.2, 0.25) is 0 Å². The quantitative estimate of drug-likeness (QED) is 0.191. The van der Waals surface area contributed by atoms with Crippen molar-refractivity contribution in [2.45, 2.75) is 0 Å². The van der Waals surface area contributed by atoms with Crippen LogP contribution in [-0.4, -0.2) is 9.55 Å². The van der Waals surface area contributed by atoms with Crippen molar-refractivity contribution in [1.29, 1.82) is 0 Å². The van der Waals surface area contributed by atoms with Gasteiger partial charge in [0.1, 0.15) is 0 Å². The molecule has 0 fully saturated rings. The Morgan fingerprint density at radius 2 is 1.02 bits per heavy atom. The fraction of sp³-hybridized carbons (Fsp3) is 0. The van der Waals surface area contributed by atoms with Gasteiger partial charge in [-0.05, 0) is 74.1 Å². The minimum Gasteiger partial charge on any atom is -0.308 e. The highest BCUT2D eigenvalue weighted by Gasteiger charge is 2.18. The van der Waals surface area contributed by atoms with E-state index in [0.29, 0.717) is 0 Å². The van der Waals surface area contributed by atoms with Crippen molar-refractivity contribution in [3.8, 4) is 39.2 Å². The van der Waals surface area contributed by atoms with Gasteiger partial charge in [-0.25, -0.2) is 0 Å². The number of benzene rings is 8. The predicted molar refractivity (Wildman–Crippen MR) is 207 cm³/mol. The second-order valence-corrected chi connectivity index (χ2v) is 12.8. The van der Waals surface area contributed by atoms with Gasteiger partial charge >= 0.3 is 0 Å². The Bertz CT molecular complexity index is 2850. The molecule has 0 bridgehead atoms. The van der Waals surface area contributed by atoms with Crippen LogP contribution in [0.25, 0.3) is 93.3 Å². The molecule has 0 spiro atoms. The summed E-state index contributed by atoms with van der Waals surface area (Å²) in [7, 11) is 0. The summed E-state index contributed by atoms with van der Waals surface area (Å²) in [4.78, 5) is 4.62. The highest BCUT2D eigenvalue weighted by molar-refractivity contribution is 6.20. The monoisotopic (exact) mass is 622 g/mol. The minimum atomic E-state index is 0.982. The van der Waals surface area contributed by atoms with E-state index in [2.05, 4.69) is 173 Å². The van der Waals surface area contributed by atoms with Crippen molar-refractivity contribution in [3.63, 3.8) is 0 Å². The number of nitrogens with zero attached hydrogens (tertiary/aromatic N) is 2. The van der Waals surface area contributed by atoms with Crippen LogP contribution < -0.4 is 0 Å². The lowest BCUT2D eigenvalue weighted by Crippen LogP contribution is -1.96. The van der Waals surface area contributed by atoms with Crippen molar-refractivity contribution in [3.05, 3.63) is 182 Å². The molecule has 10 aromatic rings. The number of hydrogen-bond acceptors (Lipinski definition) is 1. The van der Waals surface area contributed by atoms with Gasteiger partial charge in [0.25, 0.3) is 0 Å². The molecule has 0 saturated carbocycles. The largest absolute Gasteiger partial charge is 0.308 e. The standard InChI is InChI=1S/C47H30N2/c1-3-13-38-32(9-1)11-7-15-39(38)34-20-18-31(19-21-34)35-22-26-42-43-27-23-36-29-37(44-16-5-6-28-48-44)24-25-41(36)47(43)49(46(42)30-35)45-17-8-12-33-10-2-4-14-40(33)45/h1-30H. The average molecular weight is 623 g/mol. The van der Waals surface area contributed by atoms with Crippen molar-refractivity contribution < 1.29 is 0 Å². The van der Waals surface area contributed by atoms with E-state index in [1.165, 1.54) is 82.1 Å². The Labute approximate surface area is 284 Å². The van der Waals surface area contributed by atoms with E-state index in [1.54, 1.807) is 0 Å². The molecule has 0 aliphatic carbocycles. The van der Waals surface area contributed by atoms with Crippen LogP contribution in [0.2, 0.25) is 0 Å². The summed E-state index contributed by atoms with van der Waals surface area (Å²) in [6.07, 6.45) is 1.86. The lowest BCUT2D eigenvalue weighted by atomic mass is 9.96. The zero-order chi connectivity index (χ0) is 32.3. The molecule has 0 atom stereocenters. The van der Waals surface area contributed by atoms with Gasteiger partial charge in [0.05, 0.1) is 22.4 Å². The maximum absolute atomic E-state index is 4.62. The average Bonchev–Trinajstić information content (AvgIpc) is 3.51. The van der Waals surface area contributed by atoms with Crippen LogP contribution >= 0.6 is 0 Å². The van der Waals surface area contributed by atoms with E-state index < -0.39 is 0 Å². The Balaban J connectivity index is 1.20. The van der Waals surface area contributed by atoms with E-state index in [0.717, 1.165) is 11.3 Å². The van der Waals surface area contributed by atoms with Gasteiger partial charge in [-0.15, -0.1) is 0 Å². The molecule has 228 valence electrons. The van der Waals surface area contributed by atoms with Crippen LogP contribution in [0.1, 0.15) is 0 Å². The zero-order valence-corrected chi connectivity index (χ0v) is 26.7. The Hall–Kier alpha value is -6.51. The molecule has 10 rings (SSSR count). The fourth-order valence-electron chi connectivity index (χ4n) is 7.68. The molecule has 0 aliphatic heterocycles. The first-order valence-corrected chi connectivity index (χ1v) is 16.8. The van der Waals surface area contributed by atoms with E-state index >= 15 is 0 Å². The van der Waals surface area contributed by atoms with Crippen LogP contribution in [0.4, 0.5) is 0 Å². The van der Waals surface area contributed by atoms with Gasteiger partial charge in [-0.1, -0.05) is 146 Å². The van der Waals surface area contributed by atoms with Gasteiger partial charge in [-0.2, -0.15) is 0 Å². The highest BCUT2D eigenvalue weighted by atomic mass is 15.0. The molecular formula is C47H30N2. The predicted octanol–water partition coefficient (Wildman–Crippen LogP) is 12.6. The van der Waals surface area contributed by atoms with Crippen molar-refractivity contribution in [1.82, 2.24) is 9.55 Å². The van der Waals surface area contributed by atoms with Crippen LogP contribution in [0.5, 0.6) is 0 Å². The number of pyridine rings is 1. The molecule has 0 unspecified atom stereocenters. The van der Waals surface area contributed by atoms with Crippen LogP contribution in [0.3, 0.4) is 0 Å². The summed E-state index contributed by atoms with van der Waals surface area (Å²) in [5, 5.41) is 9.91. The molecule has 2 nitrogen and oxygen atoms in total. The maximum Gasteiger partial charge on any atom is 0.0702 e. The minimum absolute atomic E-state index is 0.982. The first kappa shape index (κ1) is 27.6. The molecule has 2 heterocycles. The smallest absolute Gasteiger partial charge is 0.0702 e. The van der Waals surface area contributed by atoms with Gasteiger partial charge in [0.15, 0.2) is 0 Å².